The number of ether oxygens (including phenoxy) is 1. The SMILES string of the molecule is COCCN(C(=O)c1cc(C2CC2)on1)c1nc2c(s1)CCc1c-2cnn1C. The van der Waals surface area contributed by atoms with Crippen molar-refractivity contribution in [3.63, 3.8) is 0 Å². The smallest absolute Gasteiger partial charge is 0.282 e. The van der Waals surface area contributed by atoms with Crippen LogP contribution in [0.2, 0.25) is 0 Å². The van der Waals surface area contributed by atoms with Crippen LogP contribution in [0.1, 0.15) is 45.6 Å². The lowest BCUT2D eigenvalue weighted by Crippen LogP contribution is -2.34. The quantitative estimate of drug-likeness (QED) is 0.634. The molecular weight excluding hydrogens is 378 g/mol. The first-order valence-electron chi connectivity index (χ1n) is 9.44. The number of aromatic nitrogens is 4. The number of thiazole rings is 1. The molecule has 9 heteroatoms. The van der Waals surface area contributed by atoms with E-state index in [4.69, 9.17) is 14.2 Å². The zero-order valence-electron chi connectivity index (χ0n) is 15.8. The average molecular weight is 399 g/mol. The fourth-order valence-corrected chi connectivity index (χ4v) is 4.68. The third-order valence-corrected chi connectivity index (χ3v) is 6.45. The van der Waals surface area contributed by atoms with E-state index >= 15 is 0 Å². The van der Waals surface area contributed by atoms with E-state index in [0.717, 1.165) is 42.7 Å². The molecule has 8 nitrogen and oxygen atoms in total. The maximum atomic E-state index is 13.2. The number of rotatable bonds is 6. The molecule has 3 heterocycles. The van der Waals surface area contributed by atoms with Gasteiger partial charge in [-0.2, -0.15) is 5.10 Å². The number of nitrogens with zero attached hydrogens (tertiary/aromatic N) is 5. The molecule has 0 unspecified atom stereocenters. The van der Waals surface area contributed by atoms with Crippen molar-refractivity contribution in [3.05, 3.63) is 34.3 Å². The van der Waals surface area contributed by atoms with Gasteiger partial charge in [-0.15, -0.1) is 11.3 Å². The van der Waals surface area contributed by atoms with E-state index in [1.807, 2.05) is 17.9 Å². The van der Waals surface area contributed by atoms with Gasteiger partial charge in [0.05, 0.1) is 25.0 Å². The Morgan fingerprint density at radius 1 is 1.43 bits per heavy atom. The second-order valence-electron chi connectivity index (χ2n) is 7.24. The Hall–Kier alpha value is -2.52. The number of carbonyl (C=O) groups is 1. The Morgan fingerprint density at radius 3 is 3.07 bits per heavy atom. The summed E-state index contributed by atoms with van der Waals surface area (Å²) in [6, 6.07) is 1.77. The molecule has 1 saturated carbocycles. The van der Waals surface area contributed by atoms with Crippen LogP contribution in [0.3, 0.4) is 0 Å². The number of fused-ring (bicyclic) bond motifs is 3. The summed E-state index contributed by atoms with van der Waals surface area (Å²) in [6.07, 6.45) is 5.89. The topological polar surface area (TPSA) is 86.3 Å². The summed E-state index contributed by atoms with van der Waals surface area (Å²) in [5.41, 5.74) is 3.50. The van der Waals surface area contributed by atoms with Crippen molar-refractivity contribution in [1.82, 2.24) is 19.9 Å². The monoisotopic (exact) mass is 399 g/mol. The van der Waals surface area contributed by atoms with Gasteiger partial charge >= 0.3 is 0 Å². The van der Waals surface area contributed by atoms with Gasteiger partial charge in [-0.25, -0.2) is 4.98 Å². The highest BCUT2D eigenvalue weighted by atomic mass is 32.1. The summed E-state index contributed by atoms with van der Waals surface area (Å²) in [6.45, 7) is 0.828. The third kappa shape index (κ3) is 2.94. The van der Waals surface area contributed by atoms with Crippen LogP contribution in [0, 0.1) is 0 Å². The number of amides is 1. The highest BCUT2D eigenvalue weighted by Gasteiger charge is 2.32. The number of aryl methyl sites for hydroxylation is 2. The molecule has 28 heavy (non-hydrogen) atoms. The van der Waals surface area contributed by atoms with E-state index in [0.29, 0.717) is 29.9 Å². The van der Waals surface area contributed by atoms with Crippen LogP contribution in [0.25, 0.3) is 11.3 Å². The zero-order chi connectivity index (χ0) is 19.3. The largest absolute Gasteiger partial charge is 0.383 e. The normalized spacial score (nSPS) is 15.4. The summed E-state index contributed by atoms with van der Waals surface area (Å²) in [7, 11) is 3.58. The van der Waals surface area contributed by atoms with Gasteiger partial charge in [-0.3, -0.25) is 14.4 Å². The highest BCUT2D eigenvalue weighted by molar-refractivity contribution is 7.16. The van der Waals surface area contributed by atoms with Gasteiger partial charge in [0.25, 0.3) is 5.91 Å². The number of hydrogen-bond donors (Lipinski definition) is 0. The first-order valence-corrected chi connectivity index (χ1v) is 10.3. The van der Waals surface area contributed by atoms with Crippen molar-refractivity contribution in [3.8, 4) is 11.3 Å². The molecule has 0 atom stereocenters. The standard InChI is InChI=1S/C19H21N5O3S/c1-23-14-5-6-16-17(12(14)10-20-23)21-19(28-16)24(7-8-26-2)18(25)13-9-15(27-22-13)11-3-4-11/h9-11H,3-8H2,1-2H3. The van der Waals surface area contributed by atoms with E-state index in [1.165, 1.54) is 10.6 Å². The van der Waals surface area contributed by atoms with Gasteiger partial charge in [0, 0.05) is 42.3 Å². The molecule has 1 amide bonds. The molecule has 2 aliphatic rings. The zero-order valence-corrected chi connectivity index (χ0v) is 16.7. The molecule has 0 bridgehead atoms. The predicted octanol–water partition coefficient (Wildman–Crippen LogP) is 2.80. The van der Waals surface area contributed by atoms with E-state index < -0.39 is 0 Å². The van der Waals surface area contributed by atoms with Crippen molar-refractivity contribution in [2.75, 3.05) is 25.2 Å². The minimum atomic E-state index is -0.204. The fraction of sp³-hybridized carbons (Fsp3) is 0.474. The molecule has 0 radical (unpaired) electrons. The van der Waals surface area contributed by atoms with E-state index in [2.05, 4.69) is 10.3 Å². The van der Waals surface area contributed by atoms with Crippen LogP contribution in [-0.2, 0) is 24.6 Å². The number of hydrogen-bond acceptors (Lipinski definition) is 7. The fourth-order valence-electron chi connectivity index (χ4n) is 3.58. The van der Waals surface area contributed by atoms with Crippen molar-refractivity contribution in [1.29, 1.82) is 0 Å². The van der Waals surface area contributed by atoms with Crippen LogP contribution in [-0.4, -0.2) is 46.1 Å². The van der Waals surface area contributed by atoms with Gasteiger partial charge in [0.15, 0.2) is 10.8 Å². The Bertz CT molecular complexity index is 1030. The van der Waals surface area contributed by atoms with Gasteiger partial charge in [-0.05, 0) is 25.7 Å². The second kappa shape index (κ2) is 6.82. The number of methoxy groups -OCH3 is 1. The molecule has 146 valence electrons. The molecule has 5 rings (SSSR count). The van der Waals surface area contributed by atoms with Crippen molar-refractivity contribution >= 4 is 22.4 Å². The minimum Gasteiger partial charge on any atom is -0.383 e. The third-order valence-electron chi connectivity index (χ3n) is 5.31. The Balaban J connectivity index is 1.48. The van der Waals surface area contributed by atoms with Crippen LogP contribution in [0.4, 0.5) is 5.13 Å². The molecule has 1 fully saturated rings. The molecular formula is C19H21N5O3S. The van der Waals surface area contributed by atoms with Crippen molar-refractivity contribution in [2.24, 2.45) is 7.05 Å². The summed E-state index contributed by atoms with van der Waals surface area (Å²) in [5.74, 6) is 1.01. The molecule has 3 aromatic rings. The van der Waals surface area contributed by atoms with Crippen LogP contribution >= 0.6 is 11.3 Å². The Labute approximate surface area is 166 Å². The summed E-state index contributed by atoms with van der Waals surface area (Å²) in [4.78, 5) is 20.8. The average Bonchev–Trinajstić information content (AvgIpc) is 3.12. The van der Waals surface area contributed by atoms with Crippen molar-refractivity contribution in [2.45, 2.75) is 31.6 Å². The second-order valence-corrected chi connectivity index (χ2v) is 8.30. The van der Waals surface area contributed by atoms with Gasteiger partial charge in [0.2, 0.25) is 0 Å². The van der Waals surface area contributed by atoms with Crippen LogP contribution < -0.4 is 4.90 Å². The molecule has 0 spiro atoms. The van der Waals surface area contributed by atoms with E-state index in [9.17, 15) is 4.79 Å². The van der Waals surface area contributed by atoms with E-state index in [-0.39, 0.29) is 5.91 Å². The summed E-state index contributed by atoms with van der Waals surface area (Å²) < 4.78 is 12.5. The van der Waals surface area contributed by atoms with Gasteiger partial charge in [0.1, 0.15) is 5.76 Å². The first-order chi connectivity index (χ1) is 13.7. The highest BCUT2D eigenvalue weighted by Crippen LogP contribution is 2.41. The first kappa shape index (κ1) is 17.6. The van der Waals surface area contributed by atoms with Crippen molar-refractivity contribution < 1.29 is 14.1 Å². The van der Waals surface area contributed by atoms with Gasteiger partial charge in [-0.1, -0.05) is 5.16 Å². The van der Waals surface area contributed by atoms with Gasteiger partial charge < -0.3 is 9.26 Å². The maximum absolute atomic E-state index is 13.2. The Morgan fingerprint density at radius 2 is 2.29 bits per heavy atom. The number of anilines is 1. The lowest BCUT2D eigenvalue weighted by Gasteiger charge is -2.17. The maximum Gasteiger partial charge on any atom is 0.282 e. The predicted molar refractivity (Wildman–Crippen MR) is 104 cm³/mol. The molecule has 0 aromatic carbocycles. The Kier molecular flexibility index (Phi) is 4.28. The van der Waals surface area contributed by atoms with Crippen LogP contribution in [0.15, 0.2) is 16.8 Å². The lowest BCUT2D eigenvalue weighted by atomic mass is 10.0. The number of carbonyl (C=O) groups excluding carboxylic acids is 1. The molecule has 0 aliphatic heterocycles. The molecule has 2 aliphatic carbocycles. The minimum absolute atomic E-state index is 0.204. The molecule has 0 saturated heterocycles. The summed E-state index contributed by atoms with van der Waals surface area (Å²) in [5, 5.41) is 9.04. The molecule has 0 N–H and O–H groups in total. The molecule has 3 aromatic heterocycles. The van der Waals surface area contributed by atoms with Crippen LogP contribution in [0.5, 0.6) is 0 Å². The summed E-state index contributed by atoms with van der Waals surface area (Å²) >= 11 is 1.56. The lowest BCUT2D eigenvalue weighted by molar-refractivity contribution is 0.0967. The van der Waals surface area contributed by atoms with E-state index in [1.54, 1.807) is 29.4 Å².